The van der Waals surface area contributed by atoms with Crippen molar-refractivity contribution in [2.24, 2.45) is 11.7 Å². The van der Waals surface area contributed by atoms with Crippen LogP contribution in [0.25, 0.3) is 0 Å². The van der Waals surface area contributed by atoms with Crippen LogP contribution in [0.4, 0.5) is 0 Å². The molecule has 0 aromatic heterocycles. The van der Waals surface area contributed by atoms with E-state index in [1.807, 2.05) is 0 Å². The fourth-order valence-corrected chi connectivity index (χ4v) is 2.30. The second-order valence-electron chi connectivity index (χ2n) is 5.65. The van der Waals surface area contributed by atoms with Crippen LogP contribution < -0.4 is 11.1 Å². The maximum absolute atomic E-state index is 11.8. The van der Waals surface area contributed by atoms with Crippen LogP contribution in [0.3, 0.4) is 0 Å². The van der Waals surface area contributed by atoms with E-state index in [0.29, 0.717) is 12.5 Å². The first kappa shape index (κ1) is 18.9. The molecular formula is C16H27ClN2O. The first-order valence-corrected chi connectivity index (χ1v) is 7.00. The van der Waals surface area contributed by atoms with Crippen molar-refractivity contribution in [2.45, 2.75) is 46.6 Å². The van der Waals surface area contributed by atoms with Crippen LogP contribution in [0.15, 0.2) is 18.2 Å². The number of benzene rings is 1. The van der Waals surface area contributed by atoms with Crippen molar-refractivity contribution in [2.75, 3.05) is 6.54 Å². The third-order valence-electron chi connectivity index (χ3n) is 3.38. The lowest BCUT2D eigenvalue weighted by Gasteiger charge is -2.15. The number of carbonyl (C=O) groups is 1. The Labute approximate surface area is 128 Å². The van der Waals surface area contributed by atoms with Crippen molar-refractivity contribution < 1.29 is 4.79 Å². The van der Waals surface area contributed by atoms with E-state index in [2.05, 4.69) is 51.2 Å². The van der Waals surface area contributed by atoms with Crippen LogP contribution in [0.5, 0.6) is 0 Å². The number of aryl methyl sites for hydroxylation is 2. The van der Waals surface area contributed by atoms with E-state index in [1.54, 1.807) is 0 Å². The molecule has 0 aliphatic carbocycles. The summed E-state index contributed by atoms with van der Waals surface area (Å²) < 4.78 is 0. The van der Waals surface area contributed by atoms with Gasteiger partial charge in [-0.15, -0.1) is 12.4 Å². The predicted molar refractivity (Wildman–Crippen MR) is 87.3 cm³/mol. The number of nitrogens with two attached hydrogens (primary N) is 1. The minimum atomic E-state index is -0.391. The van der Waals surface area contributed by atoms with Gasteiger partial charge >= 0.3 is 0 Å². The monoisotopic (exact) mass is 298 g/mol. The highest BCUT2D eigenvalue weighted by Crippen LogP contribution is 2.13. The zero-order valence-electron chi connectivity index (χ0n) is 12.9. The van der Waals surface area contributed by atoms with Gasteiger partial charge < -0.3 is 11.1 Å². The van der Waals surface area contributed by atoms with Gasteiger partial charge in [0.15, 0.2) is 0 Å². The number of hydrogen-bond acceptors (Lipinski definition) is 2. The zero-order chi connectivity index (χ0) is 14.4. The molecule has 4 heteroatoms. The Balaban J connectivity index is 0.00000361. The topological polar surface area (TPSA) is 55.1 Å². The second-order valence-corrected chi connectivity index (χ2v) is 5.65. The first-order chi connectivity index (χ1) is 8.91. The minimum absolute atomic E-state index is 0. The highest BCUT2D eigenvalue weighted by atomic mass is 35.5. The summed E-state index contributed by atoms with van der Waals surface area (Å²) >= 11 is 0. The van der Waals surface area contributed by atoms with E-state index < -0.39 is 6.04 Å². The van der Waals surface area contributed by atoms with Crippen molar-refractivity contribution in [1.29, 1.82) is 0 Å². The van der Waals surface area contributed by atoms with Gasteiger partial charge in [-0.05, 0) is 49.3 Å². The lowest BCUT2D eigenvalue weighted by Crippen LogP contribution is -2.42. The van der Waals surface area contributed by atoms with Gasteiger partial charge in [-0.25, -0.2) is 0 Å². The van der Waals surface area contributed by atoms with E-state index in [0.717, 1.165) is 12.8 Å². The van der Waals surface area contributed by atoms with Gasteiger partial charge in [0, 0.05) is 6.54 Å². The minimum Gasteiger partial charge on any atom is -0.354 e. The molecular weight excluding hydrogens is 272 g/mol. The lowest BCUT2D eigenvalue weighted by atomic mass is 10.00. The molecule has 1 rings (SSSR count). The third-order valence-corrected chi connectivity index (χ3v) is 3.38. The summed E-state index contributed by atoms with van der Waals surface area (Å²) in [5.74, 6) is 0.402. The van der Waals surface area contributed by atoms with Crippen LogP contribution in [-0.2, 0) is 11.2 Å². The van der Waals surface area contributed by atoms with Crippen molar-refractivity contribution in [3.8, 4) is 0 Å². The fourth-order valence-electron chi connectivity index (χ4n) is 2.30. The van der Waals surface area contributed by atoms with Gasteiger partial charge in [-0.1, -0.05) is 32.0 Å². The largest absolute Gasteiger partial charge is 0.354 e. The summed E-state index contributed by atoms with van der Waals surface area (Å²) in [6.45, 7) is 9.01. The summed E-state index contributed by atoms with van der Waals surface area (Å²) in [6.07, 6.45) is 1.59. The van der Waals surface area contributed by atoms with Crippen molar-refractivity contribution in [1.82, 2.24) is 5.32 Å². The molecule has 0 unspecified atom stereocenters. The molecule has 0 radical (unpaired) electrons. The molecule has 0 aliphatic heterocycles. The molecule has 1 amide bonds. The van der Waals surface area contributed by atoms with Crippen LogP contribution in [0, 0.1) is 19.8 Å². The number of rotatable bonds is 6. The molecule has 0 bridgehead atoms. The summed E-state index contributed by atoms with van der Waals surface area (Å²) in [7, 11) is 0. The first-order valence-electron chi connectivity index (χ1n) is 7.00. The van der Waals surface area contributed by atoms with Gasteiger partial charge in [-0.3, -0.25) is 4.79 Å². The van der Waals surface area contributed by atoms with Crippen LogP contribution >= 0.6 is 12.4 Å². The van der Waals surface area contributed by atoms with Crippen molar-refractivity contribution in [3.05, 3.63) is 34.9 Å². The number of hydrogen-bond donors (Lipinski definition) is 2. The maximum atomic E-state index is 11.8. The van der Waals surface area contributed by atoms with Crippen molar-refractivity contribution >= 4 is 18.3 Å². The van der Waals surface area contributed by atoms with E-state index in [-0.39, 0.29) is 18.3 Å². The molecule has 114 valence electrons. The average Bonchev–Trinajstić information content (AvgIpc) is 2.31. The SMILES string of the molecule is Cc1cccc(C)c1CCNC(=O)[C@@H](N)CC(C)C.Cl. The molecule has 1 atom stereocenters. The summed E-state index contributed by atoms with van der Waals surface area (Å²) in [5.41, 5.74) is 9.72. The highest BCUT2D eigenvalue weighted by Gasteiger charge is 2.14. The highest BCUT2D eigenvalue weighted by molar-refractivity contribution is 5.85. The Hall–Kier alpha value is -1.06. The molecule has 1 aromatic carbocycles. The molecule has 0 spiro atoms. The normalized spacial score (nSPS) is 11.9. The Morgan fingerprint density at radius 2 is 1.80 bits per heavy atom. The smallest absolute Gasteiger partial charge is 0.236 e. The average molecular weight is 299 g/mol. The summed E-state index contributed by atoms with van der Waals surface area (Å²) in [6, 6.07) is 5.88. The molecule has 0 saturated carbocycles. The van der Waals surface area contributed by atoms with Crippen molar-refractivity contribution in [3.63, 3.8) is 0 Å². The maximum Gasteiger partial charge on any atom is 0.236 e. The van der Waals surface area contributed by atoms with Gasteiger partial charge in [-0.2, -0.15) is 0 Å². The van der Waals surface area contributed by atoms with Crippen LogP contribution in [0.2, 0.25) is 0 Å². The van der Waals surface area contributed by atoms with E-state index in [4.69, 9.17) is 5.73 Å². The fraction of sp³-hybridized carbons (Fsp3) is 0.562. The zero-order valence-corrected chi connectivity index (χ0v) is 13.7. The number of halogens is 1. The molecule has 0 aliphatic rings. The Kier molecular flexibility index (Phi) is 8.51. The van der Waals surface area contributed by atoms with E-state index in [9.17, 15) is 4.79 Å². The Morgan fingerprint density at radius 1 is 1.25 bits per heavy atom. The second kappa shape index (κ2) is 8.98. The number of carbonyl (C=O) groups excluding carboxylic acids is 1. The molecule has 0 saturated heterocycles. The van der Waals surface area contributed by atoms with Crippen LogP contribution in [-0.4, -0.2) is 18.5 Å². The Bertz CT molecular complexity index is 412. The van der Waals surface area contributed by atoms with Gasteiger partial charge in [0.05, 0.1) is 6.04 Å². The van der Waals surface area contributed by atoms with Gasteiger partial charge in [0.25, 0.3) is 0 Å². The Morgan fingerprint density at radius 3 is 2.30 bits per heavy atom. The van der Waals surface area contributed by atoms with Gasteiger partial charge in [0.1, 0.15) is 0 Å². The van der Waals surface area contributed by atoms with Gasteiger partial charge in [0.2, 0.25) is 5.91 Å². The predicted octanol–water partition coefficient (Wildman–Crippen LogP) is 2.76. The number of nitrogens with one attached hydrogen (secondary N) is 1. The molecule has 0 heterocycles. The van der Waals surface area contributed by atoms with E-state index in [1.165, 1.54) is 16.7 Å². The molecule has 3 N–H and O–H groups in total. The molecule has 3 nitrogen and oxygen atoms in total. The van der Waals surface area contributed by atoms with E-state index >= 15 is 0 Å². The van der Waals surface area contributed by atoms with Crippen LogP contribution in [0.1, 0.15) is 37.0 Å². The number of amides is 1. The summed E-state index contributed by atoms with van der Waals surface area (Å²) in [5, 5.41) is 2.93. The molecule has 1 aromatic rings. The summed E-state index contributed by atoms with van der Waals surface area (Å²) in [4.78, 5) is 11.8. The molecule has 0 fully saturated rings. The lowest BCUT2D eigenvalue weighted by molar-refractivity contribution is -0.122. The third kappa shape index (κ3) is 5.93. The standard InChI is InChI=1S/C16H26N2O.ClH/c1-11(2)10-15(17)16(19)18-9-8-14-12(3)6-5-7-13(14)4;/h5-7,11,15H,8-10,17H2,1-4H3,(H,18,19);1H/t15-;/m0./s1. The quantitative estimate of drug-likeness (QED) is 0.848. The molecule has 20 heavy (non-hydrogen) atoms.